The summed E-state index contributed by atoms with van der Waals surface area (Å²) < 4.78 is 27.7. The van der Waals surface area contributed by atoms with Crippen LogP contribution in [0.1, 0.15) is 12.8 Å². The molecule has 3 rings (SSSR count). The number of halogens is 2. The Morgan fingerprint density at radius 3 is 2.56 bits per heavy atom. The fourth-order valence-corrected chi connectivity index (χ4v) is 2.56. The SMILES string of the molecule is O=C(CCCn1nc(-c2ccccc2)ccc1=O)Nc1ccc(F)cc1F. The Kier molecular flexibility index (Phi) is 5.71. The van der Waals surface area contributed by atoms with Gasteiger partial charge < -0.3 is 5.32 Å². The normalized spacial score (nSPS) is 10.6. The second-order valence-electron chi connectivity index (χ2n) is 5.92. The van der Waals surface area contributed by atoms with Crippen molar-refractivity contribution in [3.8, 4) is 11.3 Å². The molecule has 138 valence electrons. The molecule has 0 fully saturated rings. The van der Waals surface area contributed by atoms with Crippen molar-refractivity contribution >= 4 is 11.6 Å². The Morgan fingerprint density at radius 2 is 1.81 bits per heavy atom. The van der Waals surface area contributed by atoms with Crippen LogP contribution in [0.25, 0.3) is 11.3 Å². The molecule has 1 aromatic heterocycles. The fourth-order valence-electron chi connectivity index (χ4n) is 2.56. The Bertz CT molecular complexity index is 1000. The van der Waals surface area contributed by atoms with E-state index in [1.54, 1.807) is 6.07 Å². The number of hydrogen-bond donors (Lipinski definition) is 1. The molecular formula is C20H17F2N3O2. The number of nitrogens with zero attached hydrogens (tertiary/aromatic N) is 2. The number of rotatable bonds is 6. The second-order valence-corrected chi connectivity index (χ2v) is 5.92. The van der Waals surface area contributed by atoms with E-state index in [1.165, 1.54) is 10.7 Å². The minimum Gasteiger partial charge on any atom is -0.324 e. The van der Waals surface area contributed by atoms with Crippen LogP contribution >= 0.6 is 0 Å². The minimum absolute atomic E-state index is 0.0699. The van der Waals surface area contributed by atoms with E-state index >= 15 is 0 Å². The minimum atomic E-state index is -0.836. The van der Waals surface area contributed by atoms with Gasteiger partial charge in [0.1, 0.15) is 11.6 Å². The van der Waals surface area contributed by atoms with Gasteiger partial charge in [0.2, 0.25) is 5.91 Å². The molecule has 1 N–H and O–H groups in total. The first-order chi connectivity index (χ1) is 13.0. The summed E-state index contributed by atoms with van der Waals surface area (Å²) in [7, 11) is 0. The molecule has 0 radical (unpaired) electrons. The predicted octanol–water partition coefficient (Wildman–Crippen LogP) is 3.61. The molecular weight excluding hydrogens is 352 g/mol. The molecule has 1 heterocycles. The predicted molar refractivity (Wildman–Crippen MR) is 98.2 cm³/mol. The van der Waals surface area contributed by atoms with Crippen LogP contribution in [0.4, 0.5) is 14.5 Å². The summed E-state index contributed by atoms with van der Waals surface area (Å²) in [6, 6.07) is 15.5. The zero-order valence-corrected chi connectivity index (χ0v) is 14.4. The maximum absolute atomic E-state index is 13.5. The number of carbonyl (C=O) groups excluding carboxylic acids is 1. The summed E-state index contributed by atoms with van der Waals surface area (Å²) in [5.41, 5.74) is 1.20. The first kappa shape index (κ1) is 18.4. The van der Waals surface area contributed by atoms with Crippen LogP contribution in [-0.4, -0.2) is 15.7 Å². The average molecular weight is 369 g/mol. The Balaban J connectivity index is 1.60. The Hall–Kier alpha value is -3.35. The van der Waals surface area contributed by atoms with Crippen molar-refractivity contribution in [3.05, 3.63) is 82.7 Å². The van der Waals surface area contributed by atoms with Crippen LogP contribution in [0.3, 0.4) is 0 Å². The summed E-state index contributed by atoms with van der Waals surface area (Å²) >= 11 is 0. The van der Waals surface area contributed by atoms with E-state index in [9.17, 15) is 18.4 Å². The summed E-state index contributed by atoms with van der Waals surface area (Å²) in [5, 5.41) is 6.71. The van der Waals surface area contributed by atoms with Crippen LogP contribution in [0.2, 0.25) is 0 Å². The third-order valence-electron chi connectivity index (χ3n) is 3.92. The van der Waals surface area contributed by atoms with Crippen molar-refractivity contribution in [2.24, 2.45) is 0 Å². The van der Waals surface area contributed by atoms with Crippen LogP contribution in [0, 0.1) is 11.6 Å². The summed E-state index contributed by atoms with van der Waals surface area (Å²) in [5.74, 6) is -1.97. The van der Waals surface area contributed by atoms with Gasteiger partial charge in [0, 0.05) is 30.7 Å². The lowest BCUT2D eigenvalue weighted by molar-refractivity contribution is -0.116. The molecule has 0 spiro atoms. The largest absolute Gasteiger partial charge is 0.324 e. The van der Waals surface area contributed by atoms with E-state index in [0.717, 1.165) is 17.7 Å². The maximum Gasteiger partial charge on any atom is 0.266 e. The highest BCUT2D eigenvalue weighted by atomic mass is 19.1. The van der Waals surface area contributed by atoms with Gasteiger partial charge in [0.25, 0.3) is 5.56 Å². The van der Waals surface area contributed by atoms with Gasteiger partial charge in [-0.05, 0) is 24.6 Å². The number of hydrogen-bond acceptors (Lipinski definition) is 3. The van der Waals surface area contributed by atoms with Gasteiger partial charge in [-0.1, -0.05) is 30.3 Å². The van der Waals surface area contributed by atoms with Gasteiger partial charge in [-0.3, -0.25) is 9.59 Å². The monoisotopic (exact) mass is 369 g/mol. The van der Waals surface area contributed by atoms with Gasteiger partial charge in [-0.15, -0.1) is 0 Å². The molecule has 0 saturated carbocycles. The third-order valence-corrected chi connectivity index (χ3v) is 3.92. The Morgan fingerprint density at radius 1 is 1.04 bits per heavy atom. The Labute approximate surface area is 154 Å². The molecule has 0 atom stereocenters. The molecule has 27 heavy (non-hydrogen) atoms. The number of anilines is 1. The highest BCUT2D eigenvalue weighted by Crippen LogP contribution is 2.16. The molecule has 7 heteroatoms. The van der Waals surface area contributed by atoms with Crippen molar-refractivity contribution in [2.45, 2.75) is 19.4 Å². The molecule has 0 saturated heterocycles. The zero-order valence-electron chi connectivity index (χ0n) is 14.4. The smallest absolute Gasteiger partial charge is 0.266 e. The van der Waals surface area contributed by atoms with Crippen molar-refractivity contribution in [1.82, 2.24) is 9.78 Å². The summed E-state index contributed by atoms with van der Waals surface area (Å²) in [6.45, 7) is 0.249. The number of carbonyl (C=O) groups is 1. The van der Waals surface area contributed by atoms with Crippen molar-refractivity contribution in [1.29, 1.82) is 0 Å². The van der Waals surface area contributed by atoms with E-state index in [0.29, 0.717) is 18.2 Å². The lowest BCUT2D eigenvalue weighted by Gasteiger charge is -2.08. The first-order valence-electron chi connectivity index (χ1n) is 8.41. The molecule has 0 aliphatic heterocycles. The van der Waals surface area contributed by atoms with Crippen LogP contribution in [0.5, 0.6) is 0 Å². The number of benzene rings is 2. The topological polar surface area (TPSA) is 64.0 Å². The molecule has 0 unspecified atom stereocenters. The standard InChI is InChI=1S/C20H17F2N3O2/c21-15-8-9-18(16(22)13-15)23-19(26)7-4-12-25-20(27)11-10-17(24-25)14-5-2-1-3-6-14/h1-3,5-6,8-11,13H,4,7,12H2,(H,23,26). The highest BCUT2D eigenvalue weighted by molar-refractivity contribution is 5.90. The molecule has 3 aromatic rings. The lowest BCUT2D eigenvalue weighted by Crippen LogP contribution is -2.23. The van der Waals surface area contributed by atoms with Crippen LogP contribution < -0.4 is 10.9 Å². The second kappa shape index (κ2) is 8.35. The van der Waals surface area contributed by atoms with Gasteiger partial charge in [0.15, 0.2) is 0 Å². The van der Waals surface area contributed by atoms with E-state index in [4.69, 9.17) is 0 Å². The lowest BCUT2D eigenvalue weighted by atomic mass is 10.1. The highest BCUT2D eigenvalue weighted by Gasteiger charge is 2.09. The quantitative estimate of drug-likeness (QED) is 0.722. The fraction of sp³-hybridized carbons (Fsp3) is 0.150. The number of nitrogens with one attached hydrogen (secondary N) is 1. The molecule has 1 amide bonds. The van der Waals surface area contributed by atoms with Crippen LogP contribution in [0.15, 0.2) is 65.5 Å². The maximum atomic E-state index is 13.5. The van der Waals surface area contributed by atoms with Gasteiger partial charge in [0.05, 0.1) is 11.4 Å². The van der Waals surface area contributed by atoms with Crippen molar-refractivity contribution < 1.29 is 13.6 Å². The van der Waals surface area contributed by atoms with Crippen molar-refractivity contribution in [3.63, 3.8) is 0 Å². The van der Waals surface area contributed by atoms with Crippen LogP contribution in [-0.2, 0) is 11.3 Å². The van der Waals surface area contributed by atoms with Gasteiger partial charge in [-0.2, -0.15) is 5.10 Å². The average Bonchev–Trinajstić information content (AvgIpc) is 2.66. The summed E-state index contributed by atoms with van der Waals surface area (Å²) in [6.07, 6.45) is 0.417. The van der Waals surface area contributed by atoms with E-state index in [2.05, 4.69) is 10.4 Å². The van der Waals surface area contributed by atoms with Crippen molar-refractivity contribution in [2.75, 3.05) is 5.32 Å². The molecule has 0 aliphatic rings. The molecule has 0 aliphatic carbocycles. The van der Waals surface area contributed by atoms with E-state index in [1.807, 2.05) is 30.3 Å². The number of aryl methyl sites for hydroxylation is 1. The summed E-state index contributed by atoms with van der Waals surface area (Å²) in [4.78, 5) is 23.9. The molecule has 2 aromatic carbocycles. The number of aromatic nitrogens is 2. The molecule has 5 nitrogen and oxygen atoms in total. The molecule has 0 bridgehead atoms. The number of amides is 1. The first-order valence-corrected chi connectivity index (χ1v) is 8.41. The zero-order chi connectivity index (χ0) is 19.2. The van der Waals surface area contributed by atoms with E-state index < -0.39 is 17.5 Å². The van der Waals surface area contributed by atoms with Gasteiger partial charge in [-0.25, -0.2) is 13.5 Å². The van der Waals surface area contributed by atoms with E-state index in [-0.39, 0.29) is 24.2 Å². The third kappa shape index (κ3) is 4.84. The van der Waals surface area contributed by atoms with Gasteiger partial charge >= 0.3 is 0 Å².